The minimum Gasteiger partial charge on any atom is -0.376 e. The third-order valence-corrected chi connectivity index (χ3v) is 6.24. The second kappa shape index (κ2) is 8.88. The number of ether oxygens (including phenoxy) is 1. The molecule has 4 rings (SSSR count). The van der Waals surface area contributed by atoms with Crippen molar-refractivity contribution in [3.8, 4) is 0 Å². The van der Waals surface area contributed by atoms with Crippen LogP contribution in [0.15, 0.2) is 41.8 Å². The van der Waals surface area contributed by atoms with Crippen LogP contribution in [0, 0.1) is 0 Å². The second-order valence-corrected chi connectivity index (χ2v) is 8.55. The molecule has 3 heterocycles. The lowest BCUT2D eigenvalue weighted by Gasteiger charge is -2.25. The van der Waals surface area contributed by atoms with E-state index in [1.54, 1.807) is 11.3 Å². The van der Waals surface area contributed by atoms with E-state index >= 15 is 0 Å². The van der Waals surface area contributed by atoms with Crippen molar-refractivity contribution in [1.29, 1.82) is 0 Å². The molecule has 2 aliphatic heterocycles. The van der Waals surface area contributed by atoms with Gasteiger partial charge in [-0.1, -0.05) is 18.2 Å². The third kappa shape index (κ3) is 4.62. The molecule has 2 amide bonds. The highest BCUT2D eigenvalue weighted by Crippen LogP contribution is 2.21. The lowest BCUT2D eigenvalue weighted by molar-refractivity contribution is -0.128. The van der Waals surface area contributed by atoms with E-state index in [1.165, 1.54) is 4.88 Å². The lowest BCUT2D eigenvalue weighted by Crippen LogP contribution is -2.36. The maximum Gasteiger partial charge on any atom is 0.254 e. The molecule has 6 heteroatoms. The SMILES string of the molecule is O=C1CCCN1Cc1cccc(C(=O)N(Cc2cccs2)CC2CCCO2)c1. The first kappa shape index (κ1) is 19.2. The van der Waals surface area contributed by atoms with Crippen molar-refractivity contribution >= 4 is 23.2 Å². The summed E-state index contributed by atoms with van der Waals surface area (Å²) in [5.74, 6) is 0.230. The third-order valence-electron chi connectivity index (χ3n) is 5.38. The molecule has 0 saturated carbocycles. The number of likely N-dealkylation sites (tertiary alicyclic amines) is 1. The van der Waals surface area contributed by atoms with Crippen molar-refractivity contribution < 1.29 is 14.3 Å². The standard InChI is InChI=1S/C22H26N2O3S/c25-21-9-2-10-23(21)14-17-5-1-6-18(13-17)22(26)24(15-19-7-3-11-27-19)16-20-8-4-12-28-20/h1,4-6,8,12-13,19H,2-3,7,9-11,14-16H2. The van der Waals surface area contributed by atoms with Crippen molar-refractivity contribution in [2.45, 2.75) is 44.9 Å². The topological polar surface area (TPSA) is 49.9 Å². The van der Waals surface area contributed by atoms with Crippen molar-refractivity contribution in [2.24, 2.45) is 0 Å². The van der Waals surface area contributed by atoms with E-state index in [0.717, 1.165) is 38.0 Å². The van der Waals surface area contributed by atoms with Crippen molar-refractivity contribution in [3.63, 3.8) is 0 Å². The Morgan fingerprint density at radius 3 is 2.89 bits per heavy atom. The van der Waals surface area contributed by atoms with E-state index in [1.807, 2.05) is 45.5 Å². The highest BCUT2D eigenvalue weighted by Gasteiger charge is 2.25. The van der Waals surface area contributed by atoms with E-state index < -0.39 is 0 Å². The predicted octanol–water partition coefficient (Wildman–Crippen LogP) is 3.69. The zero-order valence-corrected chi connectivity index (χ0v) is 16.8. The molecular weight excluding hydrogens is 372 g/mol. The summed E-state index contributed by atoms with van der Waals surface area (Å²) in [6.07, 6.45) is 3.74. The number of nitrogens with zero attached hydrogens (tertiary/aromatic N) is 2. The fourth-order valence-corrected chi connectivity index (χ4v) is 4.64. The van der Waals surface area contributed by atoms with Crippen LogP contribution in [-0.2, 0) is 22.6 Å². The molecule has 148 valence electrons. The van der Waals surface area contributed by atoms with Crippen LogP contribution in [0.25, 0.3) is 0 Å². The average Bonchev–Trinajstić information content (AvgIpc) is 3.46. The summed E-state index contributed by atoms with van der Waals surface area (Å²) < 4.78 is 5.78. The molecule has 5 nitrogen and oxygen atoms in total. The molecule has 1 unspecified atom stereocenters. The maximum atomic E-state index is 13.3. The molecule has 0 spiro atoms. The largest absolute Gasteiger partial charge is 0.376 e. The normalized spacial score (nSPS) is 19.4. The summed E-state index contributed by atoms with van der Waals surface area (Å²) in [6, 6.07) is 11.8. The quantitative estimate of drug-likeness (QED) is 0.715. The molecule has 2 fully saturated rings. The molecule has 28 heavy (non-hydrogen) atoms. The van der Waals surface area contributed by atoms with Crippen LogP contribution in [0.5, 0.6) is 0 Å². The molecule has 2 aliphatic rings. The zero-order chi connectivity index (χ0) is 19.3. The zero-order valence-electron chi connectivity index (χ0n) is 16.0. The molecule has 2 saturated heterocycles. The number of hydrogen-bond acceptors (Lipinski definition) is 4. The first-order valence-electron chi connectivity index (χ1n) is 9.99. The van der Waals surface area contributed by atoms with E-state index in [9.17, 15) is 9.59 Å². The Kier molecular flexibility index (Phi) is 6.07. The highest BCUT2D eigenvalue weighted by molar-refractivity contribution is 7.09. The van der Waals surface area contributed by atoms with Gasteiger partial charge in [-0.05, 0) is 48.4 Å². The first-order valence-corrected chi connectivity index (χ1v) is 10.9. The van der Waals surface area contributed by atoms with Crippen LogP contribution in [0.2, 0.25) is 0 Å². The Morgan fingerprint density at radius 2 is 2.18 bits per heavy atom. The number of amides is 2. The molecule has 1 aromatic carbocycles. The number of hydrogen-bond donors (Lipinski definition) is 0. The monoisotopic (exact) mass is 398 g/mol. The molecule has 1 atom stereocenters. The highest BCUT2D eigenvalue weighted by atomic mass is 32.1. The van der Waals surface area contributed by atoms with Gasteiger partial charge in [0.05, 0.1) is 12.6 Å². The first-order chi connectivity index (χ1) is 13.7. The molecule has 0 radical (unpaired) electrons. The van der Waals surface area contributed by atoms with Gasteiger partial charge in [-0.25, -0.2) is 0 Å². The summed E-state index contributed by atoms with van der Waals surface area (Å²) in [5.41, 5.74) is 1.69. The Bertz CT molecular complexity index is 815. The van der Waals surface area contributed by atoms with Crippen LogP contribution in [0.3, 0.4) is 0 Å². The van der Waals surface area contributed by atoms with Crippen LogP contribution in [-0.4, -0.2) is 47.4 Å². The number of benzene rings is 1. The van der Waals surface area contributed by atoms with E-state index in [-0.39, 0.29) is 17.9 Å². The van der Waals surface area contributed by atoms with Crippen molar-refractivity contribution in [2.75, 3.05) is 19.7 Å². The van der Waals surface area contributed by atoms with Gasteiger partial charge in [0.1, 0.15) is 0 Å². The minimum absolute atomic E-state index is 0.0264. The molecule has 0 aliphatic carbocycles. The number of carbonyl (C=O) groups excluding carboxylic acids is 2. The minimum atomic E-state index is 0.0264. The van der Waals surface area contributed by atoms with Crippen molar-refractivity contribution in [3.05, 3.63) is 57.8 Å². The number of rotatable bonds is 7. The van der Waals surface area contributed by atoms with Gasteiger partial charge in [0, 0.05) is 43.1 Å². The molecule has 0 N–H and O–H groups in total. The predicted molar refractivity (Wildman–Crippen MR) is 109 cm³/mol. The fourth-order valence-electron chi connectivity index (χ4n) is 3.92. The Hall–Kier alpha value is -2.18. The molecule has 2 aromatic rings. The van der Waals surface area contributed by atoms with Gasteiger partial charge in [0.25, 0.3) is 5.91 Å². The molecule has 1 aromatic heterocycles. The summed E-state index contributed by atoms with van der Waals surface area (Å²) in [7, 11) is 0. The number of carbonyl (C=O) groups is 2. The van der Waals surface area contributed by atoms with E-state index in [0.29, 0.717) is 31.6 Å². The van der Waals surface area contributed by atoms with Crippen LogP contribution >= 0.6 is 11.3 Å². The lowest BCUT2D eigenvalue weighted by atomic mass is 10.1. The number of thiophene rings is 1. The van der Waals surface area contributed by atoms with Crippen molar-refractivity contribution in [1.82, 2.24) is 9.80 Å². The van der Waals surface area contributed by atoms with Gasteiger partial charge in [0.15, 0.2) is 0 Å². The van der Waals surface area contributed by atoms with Crippen LogP contribution in [0.1, 0.15) is 46.5 Å². The summed E-state index contributed by atoms with van der Waals surface area (Å²) >= 11 is 1.67. The Labute approximate surface area is 169 Å². The van der Waals surface area contributed by atoms with Gasteiger partial charge in [-0.3, -0.25) is 9.59 Å². The summed E-state index contributed by atoms with van der Waals surface area (Å²) in [5, 5.41) is 2.04. The van der Waals surface area contributed by atoms with Gasteiger partial charge < -0.3 is 14.5 Å². The van der Waals surface area contributed by atoms with E-state index in [4.69, 9.17) is 4.74 Å². The van der Waals surface area contributed by atoms with E-state index in [2.05, 4.69) is 6.07 Å². The van der Waals surface area contributed by atoms with Crippen LogP contribution < -0.4 is 0 Å². The van der Waals surface area contributed by atoms with Gasteiger partial charge in [0.2, 0.25) is 5.91 Å². The summed E-state index contributed by atoms with van der Waals surface area (Å²) in [4.78, 5) is 30.2. The Balaban J connectivity index is 1.50. The Morgan fingerprint density at radius 1 is 1.25 bits per heavy atom. The van der Waals surface area contributed by atoms with Gasteiger partial charge in [-0.15, -0.1) is 11.3 Å². The van der Waals surface area contributed by atoms with Crippen LogP contribution in [0.4, 0.5) is 0 Å². The molecular formula is C22H26N2O3S. The van der Waals surface area contributed by atoms with Gasteiger partial charge in [-0.2, -0.15) is 0 Å². The average molecular weight is 399 g/mol. The maximum absolute atomic E-state index is 13.3. The second-order valence-electron chi connectivity index (χ2n) is 7.52. The summed E-state index contributed by atoms with van der Waals surface area (Å²) in [6.45, 7) is 3.39. The smallest absolute Gasteiger partial charge is 0.254 e. The molecule has 0 bridgehead atoms. The fraction of sp³-hybridized carbons (Fsp3) is 0.455. The van der Waals surface area contributed by atoms with Gasteiger partial charge >= 0.3 is 0 Å².